The molecule has 0 aliphatic rings. The molecule has 0 saturated carbocycles. The molecule has 1 atom stereocenters. The van der Waals surface area contributed by atoms with E-state index in [1.807, 2.05) is 0 Å². The second kappa shape index (κ2) is 4.97. The quantitative estimate of drug-likeness (QED) is 0.681. The molecule has 0 heterocycles. The van der Waals surface area contributed by atoms with Crippen LogP contribution in [0.1, 0.15) is 41.8 Å². The van der Waals surface area contributed by atoms with Gasteiger partial charge in [0.05, 0.1) is 0 Å². The summed E-state index contributed by atoms with van der Waals surface area (Å²) in [7, 11) is 0. The molecule has 0 aliphatic carbocycles. The van der Waals surface area contributed by atoms with Gasteiger partial charge in [-0.1, -0.05) is 53.5 Å². The number of halogens is 1. The molecule has 0 aromatic heterocycles. The summed E-state index contributed by atoms with van der Waals surface area (Å²) in [5.41, 5.74) is 4.18. The number of benzene rings is 1. The molecule has 1 unspecified atom stereocenters. The smallest absolute Gasteiger partial charge is 0.0400 e. The Balaban J connectivity index is 2.88. The Bertz CT molecular complexity index is 302. The number of alkyl halides is 1. The van der Waals surface area contributed by atoms with Gasteiger partial charge < -0.3 is 0 Å². The Kier molecular flexibility index (Phi) is 4.18. The molecule has 78 valence electrons. The summed E-state index contributed by atoms with van der Waals surface area (Å²) in [5, 5.41) is 0. The fourth-order valence-electron chi connectivity index (χ4n) is 1.64. The van der Waals surface area contributed by atoms with Crippen LogP contribution < -0.4 is 0 Å². The highest BCUT2D eigenvalue weighted by Gasteiger charge is 2.11. The first-order valence-corrected chi connectivity index (χ1v) is 6.13. The van der Waals surface area contributed by atoms with Gasteiger partial charge >= 0.3 is 0 Å². The fourth-order valence-corrected chi connectivity index (χ4v) is 2.88. The Morgan fingerprint density at radius 3 is 2.43 bits per heavy atom. The summed E-state index contributed by atoms with van der Waals surface area (Å²) >= 11 is 3.77. The van der Waals surface area contributed by atoms with Crippen molar-refractivity contribution in [1.29, 1.82) is 0 Å². The Morgan fingerprint density at radius 2 is 1.86 bits per heavy atom. The Labute approximate surface area is 95.9 Å². The van der Waals surface area contributed by atoms with Crippen molar-refractivity contribution in [2.24, 2.45) is 5.92 Å². The summed E-state index contributed by atoms with van der Waals surface area (Å²) in [6.45, 7) is 8.86. The van der Waals surface area contributed by atoms with E-state index in [1.54, 1.807) is 0 Å². The van der Waals surface area contributed by atoms with E-state index in [2.05, 4.69) is 61.8 Å². The van der Waals surface area contributed by atoms with E-state index in [0.717, 1.165) is 5.92 Å². The number of hydrogen-bond donors (Lipinski definition) is 0. The predicted octanol–water partition coefficient (Wildman–Crippen LogP) is 4.79. The first-order valence-electron chi connectivity index (χ1n) is 5.22. The molecular weight excluding hydrogens is 236 g/mol. The van der Waals surface area contributed by atoms with Crippen molar-refractivity contribution in [3.63, 3.8) is 0 Å². The first-order chi connectivity index (χ1) is 6.50. The standard InChI is InChI=1S/C13H19Br/c1-9(2)7-13(14)12-8-10(3)5-6-11(12)4/h5-6,8-9,13H,7H2,1-4H3. The molecule has 0 nitrogen and oxygen atoms in total. The summed E-state index contributed by atoms with van der Waals surface area (Å²) in [5.74, 6) is 0.735. The molecule has 0 amide bonds. The normalized spacial score (nSPS) is 13.3. The molecule has 1 rings (SSSR count). The Hall–Kier alpha value is -0.300. The summed E-state index contributed by atoms with van der Waals surface area (Å²) in [6, 6.07) is 6.67. The van der Waals surface area contributed by atoms with E-state index < -0.39 is 0 Å². The monoisotopic (exact) mass is 254 g/mol. The second-order valence-electron chi connectivity index (χ2n) is 4.46. The van der Waals surface area contributed by atoms with Gasteiger partial charge in [-0.15, -0.1) is 0 Å². The molecule has 0 fully saturated rings. The highest BCUT2D eigenvalue weighted by molar-refractivity contribution is 9.09. The van der Waals surface area contributed by atoms with Crippen LogP contribution in [0.3, 0.4) is 0 Å². The number of aryl methyl sites for hydroxylation is 2. The number of hydrogen-bond acceptors (Lipinski definition) is 0. The third-order valence-corrected chi connectivity index (χ3v) is 3.32. The lowest BCUT2D eigenvalue weighted by Gasteiger charge is -2.15. The van der Waals surface area contributed by atoms with E-state index >= 15 is 0 Å². The van der Waals surface area contributed by atoms with E-state index in [4.69, 9.17) is 0 Å². The third-order valence-electron chi connectivity index (χ3n) is 2.45. The molecule has 14 heavy (non-hydrogen) atoms. The van der Waals surface area contributed by atoms with Crippen LogP contribution in [0, 0.1) is 19.8 Å². The largest absolute Gasteiger partial charge is 0.0839 e. The maximum Gasteiger partial charge on any atom is 0.0400 e. The van der Waals surface area contributed by atoms with Crippen LogP contribution in [-0.4, -0.2) is 0 Å². The third kappa shape index (κ3) is 3.13. The van der Waals surface area contributed by atoms with Crippen LogP contribution in [0.25, 0.3) is 0 Å². The lowest BCUT2D eigenvalue weighted by atomic mass is 9.97. The topological polar surface area (TPSA) is 0 Å². The summed E-state index contributed by atoms with van der Waals surface area (Å²) in [6.07, 6.45) is 1.20. The molecule has 1 heteroatoms. The molecule has 0 bridgehead atoms. The molecular formula is C13H19Br. The van der Waals surface area contributed by atoms with Gasteiger partial charge in [-0.25, -0.2) is 0 Å². The van der Waals surface area contributed by atoms with Gasteiger partial charge in [0.15, 0.2) is 0 Å². The zero-order valence-corrected chi connectivity index (χ0v) is 11.1. The fraction of sp³-hybridized carbons (Fsp3) is 0.538. The SMILES string of the molecule is Cc1ccc(C)c(C(Br)CC(C)C)c1. The maximum atomic E-state index is 3.77. The summed E-state index contributed by atoms with van der Waals surface area (Å²) < 4.78 is 0. The first kappa shape index (κ1) is 11.8. The molecule has 0 spiro atoms. The van der Waals surface area contributed by atoms with Gasteiger partial charge in [-0.3, -0.25) is 0 Å². The van der Waals surface area contributed by atoms with Crippen LogP contribution in [0.2, 0.25) is 0 Å². The van der Waals surface area contributed by atoms with Crippen molar-refractivity contribution in [2.45, 2.75) is 38.9 Å². The van der Waals surface area contributed by atoms with Crippen molar-refractivity contribution >= 4 is 15.9 Å². The highest BCUT2D eigenvalue weighted by atomic mass is 79.9. The molecule has 1 aromatic rings. The van der Waals surface area contributed by atoms with Gasteiger partial charge in [0.25, 0.3) is 0 Å². The van der Waals surface area contributed by atoms with Crippen LogP contribution in [0.15, 0.2) is 18.2 Å². The van der Waals surface area contributed by atoms with Gasteiger partial charge in [0.1, 0.15) is 0 Å². The van der Waals surface area contributed by atoms with Crippen molar-refractivity contribution in [3.8, 4) is 0 Å². The van der Waals surface area contributed by atoms with E-state index in [1.165, 1.54) is 23.1 Å². The highest BCUT2D eigenvalue weighted by Crippen LogP contribution is 2.32. The molecule has 0 aliphatic heterocycles. The minimum Gasteiger partial charge on any atom is -0.0839 e. The zero-order chi connectivity index (χ0) is 10.7. The van der Waals surface area contributed by atoms with Crippen molar-refractivity contribution < 1.29 is 0 Å². The average molecular weight is 255 g/mol. The molecule has 1 aromatic carbocycles. The average Bonchev–Trinajstić information content (AvgIpc) is 2.08. The van der Waals surface area contributed by atoms with Gasteiger partial charge in [0.2, 0.25) is 0 Å². The van der Waals surface area contributed by atoms with Crippen molar-refractivity contribution in [1.82, 2.24) is 0 Å². The van der Waals surface area contributed by atoms with E-state index in [-0.39, 0.29) is 0 Å². The zero-order valence-electron chi connectivity index (χ0n) is 9.47. The van der Waals surface area contributed by atoms with Crippen molar-refractivity contribution in [3.05, 3.63) is 34.9 Å². The second-order valence-corrected chi connectivity index (χ2v) is 5.56. The molecule has 0 N–H and O–H groups in total. The lowest BCUT2D eigenvalue weighted by Crippen LogP contribution is -1.98. The molecule has 0 radical (unpaired) electrons. The van der Waals surface area contributed by atoms with Crippen LogP contribution >= 0.6 is 15.9 Å². The van der Waals surface area contributed by atoms with Gasteiger partial charge in [-0.2, -0.15) is 0 Å². The van der Waals surface area contributed by atoms with Gasteiger partial charge in [-0.05, 0) is 37.3 Å². The van der Waals surface area contributed by atoms with Crippen LogP contribution in [0.5, 0.6) is 0 Å². The van der Waals surface area contributed by atoms with E-state index in [9.17, 15) is 0 Å². The van der Waals surface area contributed by atoms with E-state index in [0.29, 0.717) is 4.83 Å². The summed E-state index contributed by atoms with van der Waals surface area (Å²) in [4.78, 5) is 0.502. The predicted molar refractivity (Wildman–Crippen MR) is 67.0 cm³/mol. The number of rotatable bonds is 3. The molecule has 0 saturated heterocycles. The maximum absolute atomic E-state index is 3.77. The van der Waals surface area contributed by atoms with Crippen molar-refractivity contribution in [2.75, 3.05) is 0 Å². The minimum absolute atomic E-state index is 0.502. The lowest BCUT2D eigenvalue weighted by molar-refractivity contribution is 0.582. The minimum atomic E-state index is 0.502. The van der Waals surface area contributed by atoms with Crippen LogP contribution in [-0.2, 0) is 0 Å². The van der Waals surface area contributed by atoms with Gasteiger partial charge in [0, 0.05) is 4.83 Å². The van der Waals surface area contributed by atoms with Crippen LogP contribution in [0.4, 0.5) is 0 Å². The Morgan fingerprint density at radius 1 is 1.21 bits per heavy atom.